The predicted octanol–water partition coefficient (Wildman–Crippen LogP) is 7.70. The Morgan fingerprint density at radius 1 is 0.868 bits per heavy atom. The zero-order valence-electron chi connectivity index (χ0n) is 25.0. The monoisotopic (exact) mass is 530 g/mol. The summed E-state index contributed by atoms with van der Waals surface area (Å²) in [6.45, 7) is 17.5. The molecule has 5 aliphatic rings. The Labute approximate surface area is 229 Å². The van der Waals surface area contributed by atoms with Crippen LogP contribution < -0.4 is 0 Å². The number of rotatable bonds is 4. The molecule has 0 aliphatic heterocycles. The van der Waals surface area contributed by atoms with Crippen LogP contribution in [0.15, 0.2) is 12.2 Å². The van der Waals surface area contributed by atoms with E-state index in [1.807, 2.05) is 0 Å². The molecule has 5 rings (SSSR count). The topological polar surface area (TPSA) is 52.6 Å². The molecule has 5 fully saturated rings. The molecule has 10 atom stereocenters. The lowest BCUT2D eigenvalue weighted by molar-refractivity contribution is -0.250. The lowest BCUT2D eigenvalue weighted by Gasteiger charge is -2.72. The van der Waals surface area contributed by atoms with E-state index in [1.54, 1.807) is 0 Å². The minimum Gasteiger partial charge on any atom is -0.469 e. The Balaban J connectivity index is 1.52. The number of hydrogen-bond donors (Lipinski definition) is 0. The van der Waals surface area contributed by atoms with E-state index in [0.717, 1.165) is 64.2 Å². The van der Waals surface area contributed by atoms with E-state index in [2.05, 4.69) is 41.2 Å². The summed E-state index contributed by atoms with van der Waals surface area (Å²) in [5.74, 6) is 1.41. The maximum absolute atomic E-state index is 14.0. The summed E-state index contributed by atoms with van der Waals surface area (Å²) in [5, 5.41) is 0. The molecule has 0 unspecified atom stereocenters. The second-order valence-corrected chi connectivity index (χ2v) is 15.2. The second-order valence-electron chi connectivity index (χ2n) is 15.2. The van der Waals surface area contributed by atoms with Crippen molar-refractivity contribution in [3.8, 4) is 0 Å². The summed E-state index contributed by atoms with van der Waals surface area (Å²) in [6, 6.07) is 0. The van der Waals surface area contributed by atoms with Crippen molar-refractivity contribution in [3.63, 3.8) is 0 Å². The van der Waals surface area contributed by atoms with Crippen molar-refractivity contribution in [1.82, 2.24) is 0 Å². The minimum absolute atomic E-state index is 0.0179. The fourth-order valence-corrected chi connectivity index (χ4v) is 12.1. The zero-order valence-corrected chi connectivity index (χ0v) is 25.0. The highest BCUT2D eigenvalue weighted by Gasteiger charge is 2.72. The average molecular weight is 531 g/mol. The van der Waals surface area contributed by atoms with Gasteiger partial charge in [0.05, 0.1) is 12.5 Å². The van der Waals surface area contributed by atoms with Gasteiger partial charge in [0.1, 0.15) is 12.8 Å². The molecule has 0 saturated heterocycles. The Bertz CT molecular complexity index is 1000. The number of ether oxygens (including phenoxy) is 2. The van der Waals surface area contributed by atoms with Gasteiger partial charge < -0.3 is 9.47 Å². The molecular weight excluding hydrogens is 479 g/mol. The van der Waals surface area contributed by atoms with Crippen molar-refractivity contribution in [1.29, 1.82) is 0 Å². The molecule has 5 heteroatoms. The van der Waals surface area contributed by atoms with Gasteiger partial charge in [-0.15, -0.1) is 0 Å². The third kappa shape index (κ3) is 3.51. The van der Waals surface area contributed by atoms with Crippen molar-refractivity contribution >= 4 is 11.9 Å². The maximum atomic E-state index is 14.0. The van der Waals surface area contributed by atoms with Crippen LogP contribution in [-0.2, 0) is 19.1 Å². The quantitative estimate of drug-likeness (QED) is 0.276. The van der Waals surface area contributed by atoms with E-state index in [0.29, 0.717) is 23.3 Å². The highest BCUT2D eigenvalue weighted by Crippen LogP contribution is 2.77. The third-order valence-corrected chi connectivity index (χ3v) is 14.0. The van der Waals surface area contributed by atoms with Crippen LogP contribution in [0.4, 0.5) is 4.39 Å². The molecule has 4 nitrogen and oxygen atoms in total. The molecule has 0 spiro atoms. The number of alkyl halides is 1. The molecule has 5 saturated carbocycles. The van der Waals surface area contributed by atoms with E-state index < -0.39 is 12.1 Å². The molecule has 0 heterocycles. The fourth-order valence-electron chi connectivity index (χ4n) is 12.1. The van der Waals surface area contributed by atoms with Gasteiger partial charge in [-0.1, -0.05) is 41.2 Å². The number of fused-ring (bicyclic) bond motifs is 7. The van der Waals surface area contributed by atoms with Gasteiger partial charge in [0, 0.05) is 12.3 Å². The largest absolute Gasteiger partial charge is 0.469 e. The van der Waals surface area contributed by atoms with Crippen molar-refractivity contribution in [2.24, 2.45) is 56.7 Å². The number of hydrogen-bond acceptors (Lipinski definition) is 4. The summed E-state index contributed by atoms with van der Waals surface area (Å²) in [7, 11) is 1.52. The summed E-state index contributed by atoms with van der Waals surface area (Å²) >= 11 is 0. The molecule has 0 amide bonds. The molecule has 0 bridgehead atoms. The number of carbonyl (C=O) groups is 2. The molecule has 0 radical (unpaired) electrons. The smallest absolute Gasteiger partial charge is 0.312 e. The van der Waals surface area contributed by atoms with E-state index in [1.165, 1.54) is 14.0 Å². The summed E-state index contributed by atoms with van der Waals surface area (Å²) < 4.78 is 25.4. The Morgan fingerprint density at radius 3 is 2.21 bits per heavy atom. The van der Waals surface area contributed by atoms with Gasteiger partial charge in [-0.05, 0) is 116 Å². The van der Waals surface area contributed by atoms with Gasteiger partial charge in [0.15, 0.2) is 0 Å². The highest BCUT2D eigenvalue weighted by atomic mass is 19.1. The molecule has 0 aromatic rings. The number of halogens is 1. The first kappa shape index (κ1) is 28.1. The van der Waals surface area contributed by atoms with Crippen molar-refractivity contribution in [2.45, 2.75) is 112 Å². The van der Waals surface area contributed by atoms with Crippen LogP contribution >= 0.6 is 0 Å². The molecule has 214 valence electrons. The first-order chi connectivity index (χ1) is 17.7. The van der Waals surface area contributed by atoms with Crippen molar-refractivity contribution < 1.29 is 23.5 Å². The van der Waals surface area contributed by atoms with E-state index in [4.69, 9.17) is 9.47 Å². The standard InChI is InChI=1S/C33H51FO4/c1-20(19-34)22-11-16-33(28(36)37-8)18-17-31(6)23(27(22)33)9-10-25-30(5)14-13-26(38-21(2)35)29(3,4)24(30)12-15-32(25,31)7/h22-27H,1,9-19H2,2-8H3/t22-,23+,24-,25+,26-,27-,30-,31+,32+,33-/m0/s1. The van der Waals surface area contributed by atoms with Crippen LogP contribution in [0.5, 0.6) is 0 Å². The van der Waals surface area contributed by atoms with Gasteiger partial charge in [-0.3, -0.25) is 9.59 Å². The van der Waals surface area contributed by atoms with Gasteiger partial charge in [-0.25, -0.2) is 4.39 Å². The second kappa shape index (κ2) is 9.06. The van der Waals surface area contributed by atoms with Crippen LogP contribution in [0.25, 0.3) is 0 Å². The first-order valence-corrected chi connectivity index (χ1v) is 15.2. The SMILES string of the molecule is C=C(CF)[C@@H]1CC[C@]2(C(=O)OC)CC[C@]3(C)[C@H](CC[C@@H]4[C@@]5(C)CC[C@H](OC(C)=O)C(C)(C)[C@@H]5CC[C@]43C)[C@H]12. The molecule has 5 aliphatic carbocycles. The normalized spacial score (nSPS) is 49.1. The predicted molar refractivity (Wildman–Crippen MR) is 147 cm³/mol. The van der Waals surface area contributed by atoms with Crippen LogP contribution in [-0.4, -0.2) is 31.8 Å². The van der Waals surface area contributed by atoms with Crippen LogP contribution in [0.1, 0.15) is 106 Å². The summed E-state index contributed by atoms with van der Waals surface area (Å²) in [6.07, 6.45) is 10.1. The highest BCUT2D eigenvalue weighted by molar-refractivity contribution is 5.78. The summed E-state index contributed by atoms with van der Waals surface area (Å²) in [5.41, 5.74) is 0.560. The molecular formula is C33H51FO4. The van der Waals surface area contributed by atoms with Crippen LogP contribution in [0.2, 0.25) is 0 Å². The maximum Gasteiger partial charge on any atom is 0.312 e. The number of esters is 2. The van der Waals surface area contributed by atoms with Crippen LogP contribution in [0, 0.1) is 56.7 Å². The van der Waals surface area contributed by atoms with Crippen molar-refractivity contribution in [3.05, 3.63) is 12.2 Å². The van der Waals surface area contributed by atoms with Gasteiger partial charge in [-0.2, -0.15) is 0 Å². The number of allylic oxidation sites excluding steroid dienone is 1. The Hall–Kier alpha value is -1.39. The zero-order chi connectivity index (χ0) is 27.9. The van der Waals surface area contributed by atoms with Gasteiger partial charge in [0.2, 0.25) is 0 Å². The first-order valence-electron chi connectivity index (χ1n) is 15.2. The Morgan fingerprint density at radius 2 is 1.58 bits per heavy atom. The van der Waals surface area contributed by atoms with E-state index in [9.17, 15) is 14.0 Å². The Kier molecular flexibility index (Phi) is 6.71. The van der Waals surface area contributed by atoms with Crippen molar-refractivity contribution in [2.75, 3.05) is 13.8 Å². The minimum atomic E-state index is -0.500. The van der Waals surface area contributed by atoms with E-state index >= 15 is 0 Å². The van der Waals surface area contributed by atoms with E-state index in [-0.39, 0.29) is 51.5 Å². The summed E-state index contributed by atoms with van der Waals surface area (Å²) in [4.78, 5) is 25.3. The van der Waals surface area contributed by atoms with Crippen LogP contribution in [0.3, 0.4) is 0 Å². The molecule has 0 N–H and O–H groups in total. The number of carbonyl (C=O) groups excluding carboxylic acids is 2. The van der Waals surface area contributed by atoms with Gasteiger partial charge in [0.25, 0.3) is 0 Å². The lowest BCUT2D eigenvalue weighted by Crippen LogP contribution is -2.67. The molecule has 0 aromatic heterocycles. The average Bonchev–Trinajstić information content (AvgIpc) is 3.26. The van der Waals surface area contributed by atoms with Gasteiger partial charge >= 0.3 is 11.9 Å². The molecule has 38 heavy (non-hydrogen) atoms. The number of methoxy groups -OCH3 is 1. The fraction of sp³-hybridized carbons (Fsp3) is 0.879. The third-order valence-electron chi connectivity index (χ3n) is 14.0. The molecule has 0 aromatic carbocycles. The lowest BCUT2D eigenvalue weighted by atomic mass is 9.32.